The summed E-state index contributed by atoms with van der Waals surface area (Å²) in [6, 6.07) is 4.69. The summed E-state index contributed by atoms with van der Waals surface area (Å²) in [6.45, 7) is 5.27. The minimum Gasteiger partial charge on any atom is -0.451 e. The van der Waals surface area contributed by atoms with E-state index in [1.54, 1.807) is 32.0 Å². The van der Waals surface area contributed by atoms with Crippen LogP contribution >= 0.6 is 23.2 Å². The van der Waals surface area contributed by atoms with Crippen molar-refractivity contribution in [3.63, 3.8) is 0 Å². The number of carbonyl (C=O) groups excluding carboxylic acids is 2. The van der Waals surface area contributed by atoms with Crippen molar-refractivity contribution in [2.75, 3.05) is 13.2 Å². The van der Waals surface area contributed by atoms with Gasteiger partial charge in [0.05, 0.1) is 6.04 Å². The first-order valence-corrected chi connectivity index (χ1v) is 7.63. The van der Waals surface area contributed by atoms with Gasteiger partial charge in [-0.1, -0.05) is 29.3 Å². The van der Waals surface area contributed by atoms with Gasteiger partial charge in [0.1, 0.15) is 6.61 Å². The molecular weight excluding hydrogens is 329 g/mol. The molecule has 7 heteroatoms. The fraction of sp³-hybridized carbons (Fsp3) is 0.467. The number of hydrogen-bond donors (Lipinski definition) is 1. The number of benzene rings is 1. The molecular formula is C15H19Cl2NO4. The first-order valence-electron chi connectivity index (χ1n) is 6.87. The van der Waals surface area contributed by atoms with Crippen molar-refractivity contribution in [1.29, 1.82) is 0 Å². The van der Waals surface area contributed by atoms with Crippen molar-refractivity contribution >= 4 is 35.1 Å². The summed E-state index contributed by atoms with van der Waals surface area (Å²) in [7, 11) is 0. The Kier molecular flexibility index (Phi) is 7.65. The van der Waals surface area contributed by atoms with Crippen molar-refractivity contribution in [3.8, 4) is 0 Å². The van der Waals surface area contributed by atoms with Crippen LogP contribution < -0.4 is 5.32 Å². The fourth-order valence-corrected chi connectivity index (χ4v) is 2.30. The highest BCUT2D eigenvalue weighted by Crippen LogP contribution is 2.26. The minimum absolute atomic E-state index is 0.174. The Hall–Kier alpha value is -1.30. The first kappa shape index (κ1) is 18.7. The van der Waals surface area contributed by atoms with E-state index in [0.29, 0.717) is 16.7 Å². The Morgan fingerprint density at radius 3 is 2.55 bits per heavy atom. The van der Waals surface area contributed by atoms with Gasteiger partial charge in [0, 0.05) is 16.7 Å². The molecule has 0 heterocycles. The third-order valence-corrected chi connectivity index (χ3v) is 3.45. The van der Waals surface area contributed by atoms with Gasteiger partial charge in [-0.2, -0.15) is 0 Å². The molecule has 22 heavy (non-hydrogen) atoms. The molecule has 1 aromatic carbocycles. The van der Waals surface area contributed by atoms with Gasteiger partial charge in [0.15, 0.2) is 6.10 Å². The Morgan fingerprint density at radius 2 is 1.95 bits per heavy atom. The molecule has 0 spiro atoms. The predicted octanol–water partition coefficient (Wildman–Crippen LogP) is 3.14. The third-order valence-electron chi connectivity index (χ3n) is 2.89. The standard InChI is InChI=1S/C15H19Cl2NO4/c1-4-21-8-14(19)22-10(3)15(20)18-9(2)12-6-5-11(16)7-13(12)17/h5-7,9-10H,4,8H2,1-3H3,(H,18,20)/t9-,10-/m0/s1. The Morgan fingerprint density at radius 1 is 1.27 bits per heavy atom. The highest BCUT2D eigenvalue weighted by molar-refractivity contribution is 6.35. The number of hydrogen-bond acceptors (Lipinski definition) is 4. The summed E-state index contributed by atoms with van der Waals surface area (Å²) in [5.41, 5.74) is 0.729. The van der Waals surface area contributed by atoms with Gasteiger partial charge in [-0.25, -0.2) is 4.79 Å². The van der Waals surface area contributed by atoms with E-state index in [-0.39, 0.29) is 12.6 Å². The van der Waals surface area contributed by atoms with Gasteiger partial charge in [-0.05, 0) is 38.5 Å². The SMILES string of the molecule is CCOCC(=O)O[C@@H](C)C(=O)N[C@@H](C)c1ccc(Cl)cc1Cl. The summed E-state index contributed by atoms with van der Waals surface area (Å²) >= 11 is 11.9. The zero-order chi connectivity index (χ0) is 16.7. The summed E-state index contributed by atoms with van der Waals surface area (Å²) in [5.74, 6) is -0.995. The van der Waals surface area contributed by atoms with Crippen LogP contribution in [0.4, 0.5) is 0 Å². The highest BCUT2D eigenvalue weighted by Gasteiger charge is 2.21. The lowest BCUT2D eigenvalue weighted by Crippen LogP contribution is -2.38. The van der Waals surface area contributed by atoms with Gasteiger partial charge >= 0.3 is 5.97 Å². The lowest BCUT2D eigenvalue weighted by atomic mass is 10.1. The van der Waals surface area contributed by atoms with E-state index in [2.05, 4.69) is 5.32 Å². The van der Waals surface area contributed by atoms with Crippen molar-refractivity contribution in [1.82, 2.24) is 5.32 Å². The molecule has 1 aromatic rings. The van der Waals surface area contributed by atoms with Crippen LogP contribution in [0.3, 0.4) is 0 Å². The van der Waals surface area contributed by atoms with E-state index in [1.807, 2.05) is 0 Å². The van der Waals surface area contributed by atoms with Crippen LogP contribution in [-0.2, 0) is 19.1 Å². The first-order chi connectivity index (χ1) is 10.3. The second-order valence-corrected chi connectivity index (χ2v) is 5.51. The van der Waals surface area contributed by atoms with E-state index < -0.39 is 18.0 Å². The molecule has 0 fully saturated rings. The molecule has 0 aromatic heterocycles. The van der Waals surface area contributed by atoms with Gasteiger partial charge in [0.25, 0.3) is 5.91 Å². The molecule has 2 atom stereocenters. The summed E-state index contributed by atoms with van der Waals surface area (Å²) in [6.07, 6.45) is -0.915. The third kappa shape index (κ3) is 5.83. The summed E-state index contributed by atoms with van der Waals surface area (Å²) in [4.78, 5) is 23.4. The van der Waals surface area contributed by atoms with E-state index in [1.165, 1.54) is 6.92 Å². The van der Waals surface area contributed by atoms with Crippen molar-refractivity contribution in [2.45, 2.75) is 32.9 Å². The predicted molar refractivity (Wildman–Crippen MR) is 85.1 cm³/mol. The Labute approximate surface area is 139 Å². The normalized spacial score (nSPS) is 13.3. The molecule has 1 rings (SSSR count). The molecule has 0 radical (unpaired) electrons. The molecule has 0 saturated carbocycles. The van der Waals surface area contributed by atoms with Crippen LogP contribution in [0.5, 0.6) is 0 Å². The lowest BCUT2D eigenvalue weighted by molar-refractivity contribution is -0.159. The topological polar surface area (TPSA) is 64.6 Å². The van der Waals surface area contributed by atoms with E-state index in [0.717, 1.165) is 5.56 Å². The van der Waals surface area contributed by atoms with E-state index >= 15 is 0 Å². The molecule has 0 aliphatic heterocycles. The summed E-state index contributed by atoms with van der Waals surface area (Å²) < 4.78 is 9.89. The van der Waals surface area contributed by atoms with Gasteiger partial charge < -0.3 is 14.8 Å². The Bertz CT molecular complexity index is 536. The van der Waals surface area contributed by atoms with Gasteiger partial charge in [-0.3, -0.25) is 4.79 Å². The number of ether oxygens (including phenoxy) is 2. The molecule has 5 nitrogen and oxygen atoms in total. The minimum atomic E-state index is -0.915. The van der Waals surface area contributed by atoms with E-state index in [4.69, 9.17) is 32.7 Å². The molecule has 0 aliphatic carbocycles. The van der Waals surface area contributed by atoms with Gasteiger partial charge in [0.2, 0.25) is 0 Å². The van der Waals surface area contributed by atoms with Crippen LogP contribution in [0.25, 0.3) is 0 Å². The van der Waals surface area contributed by atoms with Crippen molar-refractivity contribution < 1.29 is 19.1 Å². The molecule has 0 saturated heterocycles. The monoisotopic (exact) mass is 347 g/mol. The van der Waals surface area contributed by atoms with Crippen LogP contribution in [0.1, 0.15) is 32.4 Å². The fourth-order valence-electron chi connectivity index (χ4n) is 1.73. The summed E-state index contributed by atoms with van der Waals surface area (Å²) in [5, 5.41) is 3.71. The van der Waals surface area contributed by atoms with Crippen LogP contribution in [-0.4, -0.2) is 31.2 Å². The number of amides is 1. The largest absolute Gasteiger partial charge is 0.451 e. The molecule has 0 aliphatic rings. The molecule has 0 bridgehead atoms. The Balaban J connectivity index is 2.57. The lowest BCUT2D eigenvalue weighted by Gasteiger charge is -2.19. The number of carbonyl (C=O) groups is 2. The second-order valence-electron chi connectivity index (χ2n) is 4.67. The number of esters is 1. The number of rotatable bonds is 7. The van der Waals surface area contributed by atoms with Crippen LogP contribution in [0, 0.1) is 0 Å². The quantitative estimate of drug-likeness (QED) is 0.769. The van der Waals surface area contributed by atoms with Crippen molar-refractivity contribution in [3.05, 3.63) is 33.8 Å². The molecule has 122 valence electrons. The van der Waals surface area contributed by atoms with Crippen molar-refractivity contribution in [2.24, 2.45) is 0 Å². The van der Waals surface area contributed by atoms with E-state index in [9.17, 15) is 9.59 Å². The highest BCUT2D eigenvalue weighted by atomic mass is 35.5. The van der Waals surface area contributed by atoms with Crippen LogP contribution in [0.2, 0.25) is 10.0 Å². The van der Waals surface area contributed by atoms with Gasteiger partial charge in [-0.15, -0.1) is 0 Å². The zero-order valence-electron chi connectivity index (χ0n) is 12.7. The molecule has 0 unspecified atom stereocenters. The number of nitrogens with one attached hydrogen (secondary N) is 1. The maximum Gasteiger partial charge on any atom is 0.332 e. The average Bonchev–Trinajstić information content (AvgIpc) is 2.44. The second kappa shape index (κ2) is 8.98. The average molecular weight is 348 g/mol. The molecule has 1 amide bonds. The smallest absolute Gasteiger partial charge is 0.332 e. The zero-order valence-corrected chi connectivity index (χ0v) is 14.2. The van der Waals surface area contributed by atoms with Crippen LogP contribution in [0.15, 0.2) is 18.2 Å². The maximum atomic E-state index is 12.0. The molecule has 1 N–H and O–H groups in total. The maximum absolute atomic E-state index is 12.0. The number of halogens is 2.